The summed E-state index contributed by atoms with van der Waals surface area (Å²) in [7, 11) is 0. The molecule has 1 heterocycles. The molecule has 0 radical (unpaired) electrons. The van der Waals surface area contributed by atoms with Crippen molar-refractivity contribution >= 4 is 17.7 Å². The van der Waals surface area contributed by atoms with Gasteiger partial charge in [-0.3, -0.25) is 4.79 Å². The highest BCUT2D eigenvalue weighted by atomic mass is 32.2. The molecule has 1 aliphatic heterocycles. The largest absolute Gasteiger partial charge is 0.320 e. The Hall–Kier alpha value is -1.99. The molecule has 20 heavy (non-hydrogen) atoms. The summed E-state index contributed by atoms with van der Waals surface area (Å²) in [6.07, 6.45) is 2.09. The zero-order valence-corrected chi connectivity index (χ0v) is 12.2. The normalized spacial score (nSPS) is 18.4. The van der Waals surface area contributed by atoms with Gasteiger partial charge >= 0.3 is 0 Å². The van der Waals surface area contributed by atoms with Crippen molar-refractivity contribution < 1.29 is 4.79 Å². The van der Waals surface area contributed by atoms with Crippen LogP contribution in [0.5, 0.6) is 0 Å². The van der Waals surface area contributed by atoms with Crippen LogP contribution in [-0.4, -0.2) is 11.7 Å². The summed E-state index contributed by atoms with van der Waals surface area (Å²) in [5.41, 5.74) is 2.80. The Balaban J connectivity index is 2.45. The Labute approximate surface area is 123 Å². The van der Waals surface area contributed by atoms with Gasteiger partial charge in [-0.1, -0.05) is 30.3 Å². The summed E-state index contributed by atoms with van der Waals surface area (Å²) in [6.45, 7) is 5.67. The topological polar surface area (TPSA) is 52.9 Å². The lowest BCUT2D eigenvalue weighted by atomic mass is 9.85. The van der Waals surface area contributed by atoms with Crippen molar-refractivity contribution in [2.24, 2.45) is 0 Å². The van der Waals surface area contributed by atoms with Gasteiger partial charge in [0, 0.05) is 18.1 Å². The third kappa shape index (κ3) is 2.94. The van der Waals surface area contributed by atoms with Gasteiger partial charge in [-0.2, -0.15) is 5.26 Å². The van der Waals surface area contributed by atoms with Crippen molar-refractivity contribution in [2.45, 2.75) is 19.3 Å². The van der Waals surface area contributed by atoms with Crippen molar-refractivity contribution in [3.63, 3.8) is 0 Å². The molecule has 0 aromatic heterocycles. The second kappa shape index (κ2) is 6.44. The van der Waals surface area contributed by atoms with Gasteiger partial charge < -0.3 is 5.32 Å². The molecule has 3 nitrogen and oxygen atoms in total. The van der Waals surface area contributed by atoms with Gasteiger partial charge in [0.25, 0.3) is 0 Å². The van der Waals surface area contributed by atoms with E-state index in [1.54, 1.807) is 6.08 Å². The van der Waals surface area contributed by atoms with Crippen LogP contribution in [0.25, 0.3) is 0 Å². The fourth-order valence-corrected chi connectivity index (χ4v) is 3.13. The second-order valence-corrected chi connectivity index (χ2v) is 5.65. The number of amides is 1. The number of carbonyl (C=O) groups is 1. The molecule has 1 atom stereocenters. The number of nitrogens with one attached hydrogen (secondary N) is 1. The number of hydrogen-bond donors (Lipinski definition) is 1. The van der Waals surface area contributed by atoms with Gasteiger partial charge in [-0.15, -0.1) is 18.3 Å². The fourth-order valence-electron chi connectivity index (χ4n) is 2.32. The fraction of sp³-hybridized carbons (Fsp3) is 0.250. The highest BCUT2D eigenvalue weighted by Gasteiger charge is 2.29. The van der Waals surface area contributed by atoms with Crippen LogP contribution in [0.15, 0.2) is 47.5 Å². The maximum Gasteiger partial charge on any atom is 0.225 e. The molecule has 0 aliphatic carbocycles. The number of allylic oxidation sites excluding steroid dienone is 1. The van der Waals surface area contributed by atoms with E-state index in [1.165, 1.54) is 11.8 Å². The van der Waals surface area contributed by atoms with Crippen LogP contribution in [0.4, 0.5) is 0 Å². The summed E-state index contributed by atoms with van der Waals surface area (Å²) in [5, 5.41) is 12.9. The van der Waals surface area contributed by atoms with Crippen LogP contribution in [0.3, 0.4) is 0 Å². The van der Waals surface area contributed by atoms with Crippen molar-refractivity contribution in [3.05, 3.63) is 58.6 Å². The van der Waals surface area contributed by atoms with E-state index >= 15 is 0 Å². The average molecular weight is 284 g/mol. The Morgan fingerprint density at radius 1 is 1.55 bits per heavy atom. The van der Waals surface area contributed by atoms with Crippen molar-refractivity contribution in [1.29, 1.82) is 5.26 Å². The maximum absolute atomic E-state index is 11.9. The number of aryl methyl sites for hydroxylation is 1. The van der Waals surface area contributed by atoms with Gasteiger partial charge in [0.15, 0.2) is 0 Å². The Morgan fingerprint density at radius 2 is 2.30 bits per heavy atom. The second-order valence-electron chi connectivity index (χ2n) is 4.62. The number of carbonyl (C=O) groups excluding carboxylic acids is 1. The Kier molecular flexibility index (Phi) is 4.65. The lowest BCUT2D eigenvalue weighted by Crippen LogP contribution is -2.31. The lowest BCUT2D eigenvalue weighted by Gasteiger charge is -2.25. The highest BCUT2D eigenvalue weighted by molar-refractivity contribution is 8.03. The number of rotatable bonds is 4. The first-order valence-corrected chi connectivity index (χ1v) is 7.39. The van der Waals surface area contributed by atoms with Gasteiger partial charge in [0.2, 0.25) is 5.91 Å². The van der Waals surface area contributed by atoms with Crippen LogP contribution in [0, 0.1) is 18.3 Å². The maximum atomic E-state index is 11.9. The molecule has 0 fully saturated rings. The zero-order chi connectivity index (χ0) is 14.5. The number of nitriles is 1. The van der Waals surface area contributed by atoms with Gasteiger partial charge in [0.05, 0.1) is 16.7 Å². The minimum absolute atomic E-state index is 0.0381. The first kappa shape index (κ1) is 14.4. The number of nitrogens with zero attached hydrogens (tertiary/aromatic N) is 1. The highest BCUT2D eigenvalue weighted by Crippen LogP contribution is 2.36. The SMILES string of the molecule is C=CCSC1=C(C#N)[C@H](c2ccccc2C)CC(=O)N1. The summed E-state index contributed by atoms with van der Waals surface area (Å²) >= 11 is 1.45. The van der Waals surface area contributed by atoms with Crippen LogP contribution in [0.2, 0.25) is 0 Å². The van der Waals surface area contributed by atoms with Gasteiger partial charge in [0.1, 0.15) is 0 Å². The van der Waals surface area contributed by atoms with E-state index in [0.29, 0.717) is 22.8 Å². The van der Waals surface area contributed by atoms with Crippen LogP contribution in [-0.2, 0) is 4.79 Å². The van der Waals surface area contributed by atoms with E-state index in [-0.39, 0.29) is 11.8 Å². The first-order chi connectivity index (χ1) is 9.67. The molecule has 0 saturated heterocycles. The van der Waals surface area contributed by atoms with E-state index in [4.69, 9.17) is 0 Å². The van der Waals surface area contributed by atoms with Crippen LogP contribution < -0.4 is 5.32 Å². The molecule has 1 aromatic carbocycles. The molecule has 102 valence electrons. The summed E-state index contributed by atoms with van der Waals surface area (Å²) in [6, 6.07) is 10.2. The molecular weight excluding hydrogens is 268 g/mol. The quantitative estimate of drug-likeness (QED) is 0.863. The van der Waals surface area contributed by atoms with Crippen LogP contribution in [0.1, 0.15) is 23.5 Å². The average Bonchev–Trinajstić information content (AvgIpc) is 2.45. The minimum atomic E-state index is -0.151. The molecule has 1 amide bonds. The summed E-state index contributed by atoms with van der Waals surface area (Å²) in [5.74, 6) is 0.479. The summed E-state index contributed by atoms with van der Waals surface area (Å²) < 4.78 is 0. The molecule has 2 rings (SSSR count). The Bertz CT molecular complexity index is 613. The molecule has 0 saturated carbocycles. The zero-order valence-electron chi connectivity index (χ0n) is 11.3. The van der Waals surface area contributed by atoms with E-state index in [2.05, 4.69) is 18.0 Å². The molecule has 0 bridgehead atoms. The molecule has 1 N–H and O–H groups in total. The smallest absolute Gasteiger partial charge is 0.225 e. The third-order valence-electron chi connectivity index (χ3n) is 3.27. The van der Waals surface area contributed by atoms with E-state index in [1.807, 2.05) is 31.2 Å². The van der Waals surface area contributed by atoms with E-state index in [9.17, 15) is 10.1 Å². The first-order valence-electron chi connectivity index (χ1n) is 6.40. The van der Waals surface area contributed by atoms with Gasteiger partial charge in [-0.25, -0.2) is 0 Å². The van der Waals surface area contributed by atoms with Crippen LogP contribution >= 0.6 is 11.8 Å². The van der Waals surface area contributed by atoms with Crippen molar-refractivity contribution in [2.75, 3.05) is 5.75 Å². The molecule has 0 unspecified atom stereocenters. The lowest BCUT2D eigenvalue weighted by molar-refractivity contribution is -0.120. The summed E-state index contributed by atoms with van der Waals surface area (Å²) in [4.78, 5) is 11.9. The molecule has 4 heteroatoms. The van der Waals surface area contributed by atoms with E-state index in [0.717, 1.165) is 11.1 Å². The molecule has 0 spiro atoms. The third-order valence-corrected chi connectivity index (χ3v) is 4.28. The molecule has 1 aliphatic rings. The predicted molar refractivity (Wildman–Crippen MR) is 82.0 cm³/mol. The van der Waals surface area contributed by atoms with Gasteiger partial charge in [-0.05, 0) is 18.1 Å². The predicted octanol–water partition coefficient (Wildman–Crippen LogP) is 3.25. The number of benzene rings is 1. The monoisotopic (exact) mass is 284 g/mol. The van der Waals surface area contributed by atoms with Crippen molar-refractivity contribution in [3.8, 4) is 6.07 Å². The van der Waals surface area contributed by atoms with E-state index < -0.39 is 0 Å². The van der Waals surface area contributed by atoms with Crippen molar-refractivity contribution in [1.82, 2.24) is 5.32 Å². The number of thioether (sulfide) groups is 1. The standard InChI is InChI=1S/C16H16N2OS/c1-3-8-20-16-14(10-17)13(9-15(19)18-16)12-7-5-4-6-11(12)2/h3-7,13H,1,8-9H2,2H3,(H,18,19)/t13-/m0/s1. The Morgan fingerprint density at radius 3 is 2.95 bits per heavy atom. The minimum Gasteiger partial charge on any atom is -0.320 e. The molecular formula is C16H16N2OS. The molecule has 1 aromatic rings. The number of hydrogen-bond acceptors (Lipinski definition) is 3.